The van der Waals surface area contributed by atoms with Crippen LogP contribution in [0.4, 0.5) is 0 Å². The summed E-state index contributed by atoms with van der Waals surface area (Å²) in [5, 5.41) is 3.12. The van der Waals surface area contributed by atoms with Crippen molar-refractivity contribution < 1.29 is 23.6 Å². The van der Waals surface area contributed by atoms with E-state index in [-0.39, 0.29) is 23.8 Å². The molecule has 0 aromatic heterocycles. The van der Waals surface area contributed by atoms with Gasteiger partial charge in [0.15, 0.2) is 0 Å². The molecule has 55 heavy (non-hydrogen) atoms. The minimum atomic E-state index is -0.619. The second kappa shape index (κ2) is 34.6. The number of allylic oxidation sites excluding steroid dienone is 8. The normalized spacial score (nSPS) is 16.4. The van der Waals surface area contributed by atoms with Crippen molar-refractivity contribution in [3.8, 4) is 0 Å². The van der Waals surface area contributed by atoms with E-state index in [2.05, 4.69) is 88.9 Å². The summed E-state index contributed by atoms with van der Waals surface area (Å²) in [7, 11) is 6.37. The number of esters is 1. The Labute approximate surface area is 339 Å². The van der Waals surface area contributed by atoms with Gasteiger partial charge in [-0.1, -0.05) is 133 Å². The fourth-order valence-corrected chi connectivity index (χ4v) is 7.04. The number of quaternary nitrogens is 1. The second-order valence-corrected chi connectivity index (χ2v) is 16.9. The Hall–Kier alpha value is -2.67. The molecule has 1 fully saturated rings. The van der Waals surface area contributed by atoms with E-state index in [0.29, 0.717) is 32.4 Å². The molecule has 0 spiro atoms. The number of unbranched alkanes of at least 4 members (excludes halogenated alkanes) is 17. The number of carbonyl (C=O) groups excluding carboxylic acids is 3. The number of carbonyl (C=O) groups is 3. The summed E-state index contributed by atoms with van der Waals surface area (Å²) in [5.41, 5.74) is 0. The van der Waals surface area contributed by atoms with Gasteiger partial charge < -0.3 is 19.4 Å². The fraction of sp³-hybridized carbons (Fsp3) is 0.771. The zero-order valence-corrected chi connectivity index (χ0v) is 36.5. The van der Waals surface area contributed by atoms with Crippen LogP contribution < -0.4 is 5.32 Å². The van der Waals surface area contributed by atoms with Crippen molar-refractivity contribution in [3.05, 3.63) is 48.6 Å². The van der Waals surface area contributed by atoms with E-state index in [0.717, 1.165) is 81.7 Å². The molecule has 1 saturated heterocycles. The van der Waals surface area contributed by atoms with Crippen LogP contribution in [0.15, 0.2) is 48.6 Å². The number of amides is 2. The lowest BCUT2D eigenvalue weighted by atomic mass is 10.1. The van der Waals surface area contributed by atoms with Crippen LogP contribution in [0, 0.1) is 0 Å². The van der Waals surface area contributed by atoms with Gasteiger partial charge in [-0.2, -0.15) is 0 Å². The van der Waals surface area contributed by atoms with Crippen molar-refractivity contribution in [3.63, 3.8) is 0 Å². The maximum Gasteiger partial charge on any atom is 0.328 e. The Balaban J connectivity index is 2.38. The summed E-state index contributed by atoms with van der Waals surface area (Å²) in [6.07, 6.45) is 46.9. The fourth-order valence-electron chi connectivity index (χ4n) is 7.04. The maximum absolute atomic E-state index is 13.4. The molecule has 1 heterocycles. The average molecular weight is 769 g/mol. The summed E-state index contributed by atoms with van der Waals surface area (Å²) in [5.74, 6) is -0.323. The topological polar surface area (TPSA) is 75.7 Å². The Bertz CT molecular complexity index is 1090. The summed E-state index contributed by atoms with van der Waals surface area (Å²) in [6.45, 7) is 6.17. The number of nitrogens with zero attached hydrogens (tertiary/aromatic N) is 2. The Morgan fingerprint density at radius 2 is 1.07 bits per heavy atom. The first-order valence-electron chi connectivity index (χ1n) is 22.8. The molecule has 1 aliphatic rings. The van der Waals surface area contributed by atoms with Gasteiger partial charge in [0, 0.05) is 38.3 Å². The average Bonchev–Trinajstić information content (AvgIpc) is 3.57. The predicted octanol–water partition coefficient (Wildman–Crippen LogP) is 11.7. The second-order valence-electron chi connectivity index (χ2n) is 16.9. The van der Waals surface area contributed by atoms with E-state index in [4.69, 9.17) is 4.74 Å². The minimum absolute atomic E-state index is 0.00290. The first-order valence-corrected chi connectivity index (χ1v) is 22.8. The van der Waals surface area contributed by atoms with Gasteiger partial charge in [0.1, 0.15) is 6.04 Å². The summed E-state index contributed by atoms with van der Waals surface area (Å²) >= 11 is 0. The van der Waals surface area contributed by atoms with E-state index >= 15 is 0 Å². The molecule has 316 valence electrons. The number of rotatable bonds is 35. The van der Waals surface area contributed by atoms with E-state index < -0.39 is 6.04 Å². The Morgan fingerprint density at radius 3 is 1.58 bits per heavy atom. The number of ether oxygens (including phenoxy) is 1. The molecule has 2 amide bonds. The molecule has 1 N–H and O–H groups in total. The van der Waals surface area contributed by atoms with Crippen molar-refractivity contribution in [2.45, 2.75) is 199 Å². The molecule has 1 aliphatic heterocycles. The molecule has 7 heteroatoms. The zero-order valence-electron chi connectivity index (χ0n) is 36.5. The summed E-state index contributed by atoms with van der Waals surface area (Å²) < 4.78 is 6.56. The van der Waals surface area contributed by atoms with Crippen LogP contribution in [-0.4, -0.2) is 80.1 Å². The third kappa shape index (κ3) is 30.2. The van der Waals surface area contributed by atoms with E-state index in [1.165, 1.54) is 83.5 Å². The summed E-state index contributed by atoms with van der Waals surface area (Å²) in [4.78, 5) is 41.2. The van der Waals surface area contributed by atoms with Gasteiger partial charge >= 0.3 is 5.97 Å². The van der Waals surface area contributed by atoms with Crippen molar-refractivity contribution in [1.82, 2.24) is 10.2 Å². The van der Waals surface area contributed by atoms with Gasteiger partial charge in [-0.25, -0.2) is 4.79 Å². The Kier molecular flexibility index (Phi) is 31.6. The van der Waals surface area contributed by atoms with Gasteiger partial charge in [-0.05, 0) is 77.0 Å². The quantitative estimate of drug-likeness (QED) is 0.0301. The van der Waals surface area contributed by atoms with Gasteiger partial charge in [0.05, 0.1) is 34.3 Å². The monoisotopic (exact) mass is 769 g/mol. The van der Waals surface area contributed by atoms with Gasteiger partial charge in [-0.15, -0.1) is 0 Å². The molecule has 0 aromatic carbocycles. The number of likely N-dealkylation sites (tertiary alicyclic amines) is 1. The molecular weight excluding hydrogens is 683 g/mol. The highest BCUT2D eigenvalue weighted by Crippen LogP contribution is 2.22. The van der Waals surface area contributed by atoms with Crippen LogP contribution in [-0.2, 0) is 19.1 Å². The summed E-state index contributed by atoms with van der Waals surface area (Å²) in [6, 6.07) is -0.837. The molecule has 0 aromatic rings. The molecular formula is C48H86N3O4+. The van der Waals surface area contributed by atoms with Gasteiger partial charge in [0.2, 0.25) is 11.8 Å². The van der Waals surface area contributed by atoms with Crippen molar-refractivity contribution in [1.29, 1.82) is 0 Å². The Morgan fingerprint density at radius 1 is 0.600 bits per heavy atom. The number of hydrogen-bond donors (Lipinski definition) is 1. The third-order valence-electron chi connectivity index (χ3n) is 10.4. The molecule has 0 radical (unpaired) electrons. The molecule has 2 atom stereocenters. The first-order chi connectivity index (χ1) is 26.7. The van der Waals surface area contributed by atoms with Crippen LogP contribution in [0.3, 0.4) is 0 Å². The molecule has 0 aliphatic carbocycles. The smallest absolute Gasteiger partial charge is 0.328 e. The first kappa shape index (κ1) is 50.3. The molecule has 0 saturated carbocycles. The van der Waals surface area contributed by atoms with E-state index in [1.54, 1.807) is 4.90 Å². The van der Waals surface area contributed by atoms with Crippen LogP contribution >= 0.6 is 0 Å². The highest BCUT2D eigenvalue weighted by molar-refractivity contribution is 5.86. The van der Waals surface area contributed by atoms with Crippen molar-refractivity contribution in [2.75, 3.05) is 40.8 Å². The molecule has 7 nitrogen and oxygen atoms in total. The SMILES string of the molecule is CCCCC/C=C\C/C=C\CCCCCCCCOC(=O)[C@@H]1C[C@@H](NC(=O)CCC[N+](C)(C)C)CN1C(=O)CCCCCCC/C=C\C/C=C\CCCCC. The molecule has 1 rings (SSSR count). The lowest BCUT2D eigenvalue weighted by molar-refractivity contribution is -0.870. The number of nitrogens with one attached hydrogen (secondary N) is 1. The van der Waals surface area contributed by atoms with E-state index in [1.807, 2.05) is 0 Å². The van der Waals surface area contributed by atoms with Crippen LogP contribution in [0.5, 0.6) is 0 Å². The number of hydrogen-bond acceptors (Lipinski definition) is 4. The highest BCUT2D eigenvalue weighted by Gasteiger charge is 2.40. The van der Waals surface area contributed by atoms with Gasteiger partial charge in [-0.3, -0.25) is 9.59 Å². The minimum Gasteiger partial charge on any atom is -0.464 e. The van der Waals surface area contributed by atoms with Crippen LogP contribution in [0.1, 0.15) is 187 Å². The predicted molar refractivity (Wildman–Crippen MR) is 234 cm³/mol. The van der Waals surface area contributed by atoms with Crippen LogP contribution in [0.2, 0.25) is 0 Å². The lowest BCUT2D eigenvalue weighted by Gasteiger charge is -2.24. The third-order valence-corrected chi connectivity index (χ3v) is 10.4. The molecule has 0 bridgehead atoms. The lowest BCUT2D eigenvalue weighted by Crippen LogP contribution is -2.42. The van der Waals surface area contributed by atoms with Crippen molar-refractivity contribution in [2.24, 2.45) is 0 Å². The van der Waals surface area contributed by atoms with Crippen LogP contribution in [0.25, 0.3) is 0 Å². The standard InChI is InChI=1S/C48H85N3O4/c1-6-8-10-12-14-16-18-20-22-24-26-28-30-32-34-36-41-55-48(54)45-42-44(49-46(52)38-37-40-51(3,4)5)43-50(45)47(53)39-35-33-31-29-27-25-23-21-19-17-15-13-11-9-7-2/h14-17,20-23,44-45H,6-13,18-19,24-43H2,1-5H3/p+1/b16-14-,17-15-,22-20-,23-21-/t44-,45+/m1/s1. The van der Waals surface area contributed by atoms with E-state index in [9.17, 15) is 14.4 Å². The maximum atomic E-state index is 13.4. The highest BCUT2D eigenvalue weighted by atomic mass is 16.5. The van der Waals surface area contributed by atoms with Crippen molar-refractivity contribution >= 4 is 17.8 Å². The molecule has 0 unspecified atom stereocenters. The van der Waals surface area contributed by atoms with Gasteiger partial charge in [0.25, 0.3) is 0 Å². The largest absolute Gasteiger partial charge is 0.464 e. The zero-order chi connectivity index (χ0) is 40.2.